The van der Waals surface area contributed by atoms with Crippen LogP contribution in [0.15, 0.2) is 48.5 Å². The lowest BCUT2D eigenvalue weighted by molar-refractivity contribution is -0.285. The Hall–Kier alpha value is -0.800. The molecule has 0 bridgehead atoms. The first-order chi connectivity index (χ1) is 16.7. The highest BCUT2D eigenvalue weighted by atomic mass is 35.5. The summed E-state index contributed by atoms with van der Waals surface area (Å²) in [6.07, 6.45) is 0. The molecule has 0 aromatic heterocycles. The van der Waals surface area contributed by atoms with Crippen LogP contribution < -0.4 is 9.47 Å². The van der Waals surface area contributed by atoms with Crippen molar-refractivity contribution in [1.82, 2.24) is 0 Å². The zero-order valence-electron chi connectivity index (χ0n) is 17.7. The number of ether oxygens (including phenoxy) is 3. The van der Waals surface area contributed by atoms with Crippen molar-refractivity contribution in [2.75, 3.05) is 26.4 Å². The standard InChI is InChI=1S/C20H18Cl4O9P2/c21-15-5-1-3-7-17(15)31-19(23,13-9-27-34(25)28-10-13)33-20(24,14-11-29-35(26)30-12-14)32-18-8-4-2-6-16(18)22/h1-8,13-14H,9-12H2/q+2. The smallest absolute Gasteiger partial charge is 0.446 e. The second-order valence-corrected chi connectivity index (χ2v) is 11.2. The van der Waals surface area contributed by atoms with Crippen LogP contribution in [-0.2, 0) is 32.0 Å². The lowest BCUT2D eigenvalue weighted by Gasteiger charge is -2.42. The molecule has 2 aliphatic heterocycles. The number of alkyl halides is 2. The van der Waals surface area contributed by atoms with Gasteiger partial charge in [-0.1, -0.05) is 47.5 Å². The maximum absolute atomic E-state index is 11.6. The zero-order chi connectivity index (χ0) is 25.1. The summed E-state index contributed by atoms with van der Waals surface area (Å²) in [5.41, 5.74) is 0. The molecule has 4 rings (SSSR count). The van der Waals surface area contributed by atoms with Gasteiger partial charge in [0, 0.05) is 9.13 Å². The molecule has 2 aliphatic rings. The van der Waals surface area contributed by atoms with Gasteiger partial charge >= 0.3 is 27.0 Å². The van der Waals surface area contributed by atoms with E-state index in [2.05, 4.69) is 0 Å². The summed E-state index contributed by atoms with van der Waals surface area (Å²) in [7, 11) is -4.65. The first-order valence-corrected chi connectivity index (χ1v) is 13.8. The second-order valence-electron chi connectivity index (χ2n) is 7.36. The molecule has 2 fully saturated rings. The Balaban J connectivity index is 1.71. The summed E-state index contributed by atoms with van der Waals surface area (Å²) < 4.78 is 61.9. The van der Waals surface area contributed by atoms with E-state index in [0.29, 0.717) is 0 Å². The van der Waals surface area contributed by atoms with Crippen molar-refractivity contribution < 1.29 is 41.4 Å². The molecule has 2 saturated heterocycles. The van der Waals surface area contributed by atoms with Gasteiger partial charge in [0.15, 0.2) is 0 Å². The highest BCUT2D eigenvalue weighted by Gasteiger charge is 2.58. The van der Waals surface area contributed by atoms with Crippen molar-refractivity contribution in [2.24, 2.45) is 11.8 Å². The predicted octanol–water partition coefficient (Wildman–Crippen LogP) is 6.89. The summed E-state index contributed by atoms with van der Waals surface area (Å²) in [4.78, 5) is 0. The average molecular weight is 606 g/mol. The Bertz CT molecular complexity index is 993. The molecular weight excluding hydrogens is 588 g/mol. The predicted molar refractivity (Wildman–Crippen MR) is 128 cm³/mol. The first-order valence-electron chi connectivity index (χ1n) is 10.1. The Labute approximate surface area is 222 Å². The van der Waals surface area contributed by atoms with Gasteiger partial charge in [-0.15, -0.1) is 18.1 Å². The number of para-hydroxylation sites is 2. The summed E-state index contributed by atoms with van der Waals surface area (Å²) in [6, 6.07) is 13.1. The quantitative estimate of drug-likeness (QED) is 0.181. The Morgan fingerprint density at radius 1 is 0.686 bits per heavy atom. The van der Waals surface area contributed by atoms with E-state index in [1.54, 1.807) is 48.5 Å². The topological polar surface area (TPSA) is 98.8 Å². The van der Waals surface area contributed by atoms with Crippen LogP contribution in [-0.4, -0.2) is 36.9 Å². The van der Waals surface area contributed by atoms with Crippen LogP contribution in [0.1, 0.15) is 0 Å². The summed E-state index contributed by atoms with van der Waals surface area (Å²) in [5.74, 6) is -1.39. The molecule has 2 unspecified atom stereocenters. The zero-order valence-corrected chi connectivity index (χ0v) is 22.5. The highest BCUT2D eigenvalue weighted by molar-refractivity contribution is 7.33. The van der Waals surface area contributed by atoms with Gasteiger partial charge in [-0.3, -0.25) is 4.74 Å². The van der Waals surface area contributed by atoms with Crippen molar-refractivity contribution in [3.63, 3.8) is 0 Å². The van der Waals surface area contributed by atoms with Crippen LogP contribution in [0.5, 0.6) is 11.5 Å². The van der Waals surface area contributed by atoms with E-state index in [4.69, 9.17) is 78.7 Å². The monoisotopic (exact) mass is 604 g/mol. The molecule has 0 radical (unpaired) electrons. The van der Waals surface area contributed by atoms with Crippen LogP contribution in [0.4, 0.5) is 0 Å². The lowest BCUT2D eigenvalue weighted by Crippen LogP contribution is -2.56. The van der Waals surface area contributed by atoms with Crippen LogP contribution in [0.25, 0.3) is 0 Å². The molecule has 9 nitrogen and oxygen atoms in total. The second kappa shape index (κ2) is 11.7. The van der Waals surface area contributed by atoms with Crippen molar-refractivity contribution in [2.45, 2.75) is 10.5 Å². The largest absolute Gasteiger partial charge is 0.697 e. The lowest BCUT2D eigenvalue weighted by atomic mass is 10.1. The summed E-state index contributed by atoms with van der Waals surface area (Å²) >= 11 is 26.4. The molecule has 0 N–H and O–H groups in total. The fourth-order valence-corrected chi connectivity index (χ4v) is 5.48. The van der Waals surface area contributed by atoms with E-state index < -0.39 is 38.8 Å². The van der Waals surface area contributed by atoms with Gasteiger partial charge in [0.25, 0.3) is 0 Å². The van der Waals surface area contributed by atoms with E-state index in [9.17, 15) is 9.13 Å². The van der Waals surface area contributed by atoms with E-state index in [-0.39, 0.29) is 48.0 Å². The van der Waals surface area contributed by atoms with Crippen molar-refractivity contribution in [3.05, 3.63) is 58.6 Å². The first kappa shape index (κ1) is 27.2. The Morgan fingerprint density at radius 2 is 1.03 bits per heavy atom. The fraction of sp³-hybridized carbons (Fsp3) is 0.400. The average Bonchev–Trinajstić information content (AvgIpc) is 2.83. The van der Waals surface area contributed by atoms with Gasteiger partial charge in [0.05, 0.1) is 21.9 Å². The molecule has 188 valence electrons. The van der Waals surface area contributed by atoms with Crippen LogP contribution >= 0.6 is 62.9 Å². The van der Waals surface area contributed by atoms with Crippen LogP contribution in [0, 0.1) is 11.8 Å². The third kappa shape index (κ3) is 6.75. The number of halogens is 4. The molecule has 2 aromatic rings. The molecule has 2 atom stereocenters. The third-order valence-corrected chi connectivity index (χ3v) is 7.94. The van der Waals surface area contributed by atoms with E-state index in [1.807, 2.05) is 0 Å². The number of hydrogen-bond acceptors (Lipinski definition) is 9. The minimum atomic E-state index is -2.33. The van der Waals surface area contributed by atoms with Crippen molar-refractivity contribution >= 4 is 62.9 Å². The molecule has 35 heavy (non-hydrogen) atoms. The van der Waals surface area contributed by atoms with Gasteiger partial charge in [-0.05, 0) is 47.5 Å². The SMILES string of the molecule is O=[P+]1OCC(C(Cl)(Oc2ccccc2Cl)OC(Cl)(Oc2ccccc2Cl)C2CO[P+](=O)OC2)CO1. The minimum absolute atomic E-state index is 0.161. The van der Waals surface area contributed by atoms with E-state index >= 15 is 0 Å². The number of benzene rings is 2. The highest BCUT2D eigenvalue weighted by Crippen LogP contribution is 2.48. The molecule has 0 amide bonds. The van der Waals surface area contributed by atoms with Gasteiger partial charge in [0.2, 0.25) is 0 Å². The number of hydrogen-bond donors (Lipinski definition) is 0. The molecule has 15 heteroatoms. The molecule has 0 spiro atoms. The summed E-state index contributed by atoms with van der Waals surface area (Å²) in [5, 5.41) is -3.77. The van der Waals surface area contributed by atoms with Gasteiger partial charge < -0.3 is 9.47 Å². The van der Waals surface area contributed by atoms with E-state index in [1.165, 1.54) is 0 Å². The molecule has 0 aliphatic carbocycles. The third-order valence-electron chi connectivity index (χ3n) is 4.95. The summed E-state index contributed by atoms with van der Waals surface area (Å²) in [6.45, 7) is -0.644. The Morgan fingerprint density at radius 3 is 1.37 bits per heavy atom. The van der Waals surface area contributed by atoms with Crippen LogP contribution in [0.2, 0.25) is 10.0 Å². The van der Waals surface area contributed by atoms with Gasteiger partial charge in [-0.2, -0.15) is 0 Å². The van der Waals surface area contributed by atoms with Crippen molar-refractivity contribution in [3.8, 4) is 11.5 Å². The number of rotatable bonds is 8. The maximum atomic E-state index is 11.6. The van der Waals surface area contributed by atoms with E-state index in [0.717, 1.165) is 0 Å². The molecule has 2 aromatic carbocycles. The van der Waals surface area contributed by atoms with Crippen LogP contribution in [0.3, 0.4) is 0 Å². The molecular formula is C20H18Cl4O9P2+2. The minimum Gasteiger partial charge on any atom is -0.446 e. The Kier molecular flexibility index (Phi) is 9.12. The maximum Gasteiger partial charge on any atom is 0.697 e. The van der Waals surface area contributed by atoms with Gasteiger partial charge in [0.1, 0.15) is 37.9 Å². The fourth-order valence-electron chi connectivity index (χ4n) is 3.09. The molecule has 2 heterocycles. The van der Waals surface area contributed by atoms with Gasteiger partial charge in [-0.25, -0.2) is 0 Å². The van der Waals surface area contributed by atoms with Crippen molar-refractivity contribution in [1.29, 1.82) is 0 Å². The normalized spacial score (nSPS) is 26.4. The molecule has 0 saturated carbocycles.